The van der Waals surface area contributed by atoms with Gasteiger partial charge >= 0.3 is 0 Å². The maximum atomic E-state index is 13.0. The van der Waals surface area contributed by atoms with Crippen molar-refractivity contribution in [3.05, 3.63) is 41.9 Å². The van der Waals surface area contributed by atoms with E-state index in [0.29, 0.717) is 25.4 Å². The molecule has 1 atom stereocenters. The topological polar surface area (TPSA) is 82.6 Å². The van der Waals surface area contributed by atoms with Crippen LogP contribution in [0.4, 0.5) is 0 Å². The zero-order chi connectivity index (χ0) is 21.6. The Bertz CT molecular complexity index is 923. The zero-order valence-electron chi connectivity index (χ0n) is 18.6. The Hall–Kier alpha value is -2.51. The quantitative estimate of drug-likeness (QED) is 0.478. The van der Waals surface area contributed by atoms with Crippen LogP contribution in [-0.2, 0) is 16.0 Å². The highest BCUT2D eigenvalue weighted by Gasteiger charge is 2.27. The van der Waals surface area contributed by atoms with Crippen LogP contribution in [0.3, 0.4) is 0 Å². The summed E-state index contributed by atoms with van der Waals surface area (Å²) in [5.41, 5.74) is 3.79. The molecule has 7 heteroatoms. The number of H-pyrrole nitrogens is 1. The molecule has 166 valence electrons. The molecule has 1 saturated heterocycles. The second kappa shape index (κ2) is 10.2. The number of benzene rings is 1. The smallest absolute Gasteiger partial charge is 0.251 e. The summed E-state index contributed by atoms with van der Waals surface area (Å²) in [5.74, 6) is 1.21. The van der Waals surface area contributed by atoms with Gasteiger partial charge in [-0.1, -0.05) is 25.5 Å². The average Bonchev–Trinajstić information content (AvgIpc) is 3.41. The third-order valence-corrected chi connectivity index (χ3v) is 6.17. The van der Waals surface area contributed by atoms with Crippen LogP contribution >= 0.6 is 0 Å². The zero-order valence-corrected chi connectivity index (χ0v) is 18.6. The van der Waals surface area contributed by atoms with Crippen LogP contribution in [0.15, 0.2) is 41.0 Å². The van der Waals surface area contributed by atoms with Gasteiger partial charge in [-0.2, -0.15) is 0 Å². The fourth-order valence-corrected chi connectivity index (χ4v) is 4.22. The Morgan fingerprint density at radius 1 is 1.32 bits per heavy atom. The lowest BCUT2D eigenvalue weighted by Crippen LogP contribution is -2.40. The second-order valence-corrected chi connectivity index (χ2v) is 8.62. The van der Waals surface area contributed by atoms with Crippen LogP contribution in [0.5, 0.6) is 0 Å². The number of aromatic nitrogens is 2. The standard InChI is InChI=1S/C24H33N5O2/c1-3-4-13-31-23(15-22-26-19-7-5-6-8-20(19)27-22)28-24(30)18-14-21(25-16-18)17-9-11-29(2)12-10-17/h5-8,16-17,23H,3-4,9-15H2,1-2H3,(H,26,27)(H,28,30). The Kier molecular flexibility index (Phi) is 7.14. The first-order valence-corrected chi connectivity index (χ1v) is 11.4. The van der Waals surface area contributed by atoms with Gasteiger partial charge in [0.25, 0.3) is 5.91 Å². The van der Waals surface area contributed by atoms with Crippen molar-refractivity contribution in [2.75, 3.05) is 26.7 Å². The van der Waals surface area contributed by atoms with E-state index >= 15 is 0 Å². The summed E-state index contributed by atoms with van der Waals surface area (Å²) in [6.07, 6.45) is 6.70. The molecule has 0 radical (unpaired) electrons. The van der Waals surface area contributed by atoms with Gasteiger partial charge in [0, 0.05) is 36.4 Å². The van der Waals surface area contributed by atoms with Gasteiger partial charge in [-0.15, -0.1) is 0 Å². The van der Waals surface area contributed by atoms with E-state index < -0.39 is 6.23 Å². The number of carbonyl (C=O) groups is 1. The Morgan fingerprint density at radius 2 is 2.13 bits per heavy atom. The van der Waals surface area contributed by atoms with Crippen LogP contribution in [0.2, 0.25) is 0 Å². The van der Waals surface area contributed by atoms with Gasteiger partial charge in [-0.05, 0) is 51.5 Å². The average molecular weight is 424 g/mol. The second-order valence-electron chi connectivity index (χ2n) is 8.62. The number of unbranched alkanes of at least 4 members (excludes halogenated alkanes) is 1. The Balaban J connectivity index is 1.35. The van der Waals surface area contributed by atoms with Gasteiger partial charge in [0.2, 0.25) is 0 Å². The summed E-state index contributed by atoms with van der Waals surface area (Å²) in [7, 11) is 2.16. The molecule has 0 saturated carbocycles. The van der Waals surface area contributed by atoms with Crippen molar-refractivity contribution in [3.63, 3.8) is 0 Å². The maximum Gasteiger partial charge on any atom is 0.251 e. The summed E-state index contributed by atoms with van der Waals surface area (Å²) in [6.45, 7) is 4.92. The van der Waals surface area contributed by atoms with E-state index in [1.165, 1.54) is 0 Å². The molecule has 2 aromatic rings. The van der Waals surface area contributed by atoms with Gasteiger partial charge in [0.05, 0.1) is 17.5 Å². The number of likely N-dealkylation sites (tertiary alicyclic amines) is 1. The number of ether oxygens (including phenoxy) is 1. The molecule has 3 heterocycles. The van der Waals surface area contributed by atoms with Crippen molar-refractivity contribution in [2.24, 2.45) is 10.9 Å². The molecule has 1 unspecified atom stereocenters. The van der Waals surface area contributed by atoms with Crippen molar-refractivity contribution in [1.82, 2.24) is 20.2 Å². The molecule has 1 aromatic carbocycles. The van der Waals surface area contributed by atoms with Crippen molar-refractivity contribution in [1.29, 1.82) is 0 Å². The van der Waals surface area contributed by atoms with Crippen molar-refractivity contribution in [2.45, 2.75) is 51.7 Å². The summed E-state index contributed by atoms with van der Waals surface area (Å²) >= 11 is 0. The molecule has 0 spiro atoms. The van der Waals surface area contributed by atoms with Crippen LogP contribution in [0, 0.1) is 5.92 Å². The SMILES string of the molecule is CCCCOC(Cc1nc2ccccc2[nH]1)NC(=O)C1=CN=C(C2CCN(C)CC2)C1. The number of hydrogen-bond acceptors (Lipinski definition) is 5. The minimum absolute atomic E-state index is 0.0933. The summed E-state index contributed by atoms with van der Waals surface area (Å²) in [4.78, 5) is 27.9. The fourth-order valence-electron chi connectivity index (χ4n) is 4.22. The Morgan fingerprint density at radius 3 is 2.90 bits per heavy atom. The number of amides is 1. The van der Waals surface area contributed by atoms with Gasteiger partial charge in [0.15, 0.2) is 0 Å². The lowest BCUT2D eigenvalue weighted by Gasteiger charge is -2.29. The number of nitrogens with zero attached hydrogens (tertiary/aromatic N) is 3. The predicted molar refractivity (Wildman–Crippen MR) is 123 cm³/mol. The van der Waals surface area contributed by atoms with Crippen LogP contribution in [0.25, 0.3) is 11.0 Å². The van der Waals surface area contributed by atoms with Crippen LogP contribution < -0.4 is 5.32 Å². The molecule has 2 aliphatic heterocycles. The number of imidazole rings is 1. The molecule has 7 nitrogen and oxygen atoms in total. The molecule has 31 heavy (non-hydrogen) atoms. The van der Waals surface area contributed by atoms with Gasteiger partial charge in [0.1, 0.15) is 12.1 Å². The van der Waals surface area contributed by atoms with Crippen LogP contribution in [-0.4, -0.2) is 59.5 Å². The van der Waals surface area contributed by atoms with Crippen molar-refractivity contribution in [3.8, 4) is 0 Å². The van der Waals surface area contributed by atoms with E-state index in [1.54, 1.807) is 6.20 Å². The molecular weight excluding hydrogens is 390 g/mol. The highest BCUT2D eigenvalue weighted by atomic mass is 16.5. The lowest BCUT2D eigenvalue weighted by atomic mass is 9.89. The number of aliphatic imine (C=N–C) groups is 1. The molecule has 1 aromatic heterocycles. The normalized spacial score (nSPS) is 18.8. The number of fused-ring (bicyclic) bond motifs is 1. The van der Waals surface area contributed by atoms with E-state index in [9.17, 15) is 4.79 Å². The first-order chi connectivity index (χ1) is 15.1. The Labute approximate surface area is 184 Å². The predicted octanol–water partition coefficient (Wildman–Crippen LogP) is 3.43. The molecule has 4 rings (SSSR count). The summed E-state index contributed by atoms with van der Waals surface area (Å²) in [5, 5.41) is 3.07. The van der Waals surface area contributed by atoms with Gasteiger partial charge < -0.3 is 19.9 Å². The number of para-hydroxylation sites is 2. The van der Waals surface area contributed by atoms with Crippen molar-refractivity contribution < 1.29 is 9.53 Å². The number of hydrogen-bond donors (Lipinski definition) is 2. The molecule has 1 amide bonds. The first-order valence-electron chi connectivity index (χ1n) is 11.4. The third kappa shape index (κ3) is 5.60. The number of piperidine rings is 1. The molecule has 2 N–H and O–H groups in total. The maximum absolute atomic E-state index is 13.0. The summed E-state index contributed by atoms with van der Waals surface area (Å²) in [6, 6.07) is 7.93. The van der Waals surface area contributed by atoms with E-state index in [0.717, 1.165) is 66.9 Å². The molecule has 0 aliphatic carbocycles. The van der Waals surface area contributed by atoms with E-state index in [4.69, 9.17) is 4.74 Å². The summed E-state index contributed by atoms with van der Waals surface area (Å²) < 4.78 is 6.01. The number of aromatic amines is 1. The van der Waals surface area contributed by atoms with E-state index in [1.807, 2.05) is 24.3 Å². The molecular formula is C24H33N5O2. The molecule has 0 bridgehead atoms. The first kappa shape index (κ1) is 21.7. The molecule has 1 fully saturated rings. The molecule has 2 aliphatic rings. The van der Waals surface area contributed by atoms with Gasteiger partial charge in [-0.25, -0.2) is 4.98 Å². The minimum atomic E-state index is -0.423. The van der Waals surface area contributed by atoms with Crippen molar-refractivity contribution >= 4 is 22.7 Å². The number of carbonyl (C=O) groups excluding carboxylic acids is 1. The fraction of sp³-hybridized carbons (Fsp3) is 0.542. The monoisotopic (exact) mass is 423 g/mol. The third-order valence-electron chi connectivity index (χ3n) is 6.17. The highest BCUT2D eigenvalue weighted by Crippen LogP contribution is 2.25. The number of nitrogens with one attached hydrogen (secondary N) is 2. The van der Waals surface area contributed by atoms with E-state index in [-0.39, 0.29) is 5.91 Å². The number of rotatable bonds is 9. The van der Waals surface area contributed by atoms with E-state index in [2.05, 4.69) is 39.1 Å². The lowest BCUT2D eigenvalue weighted by molar-refractivity contribution is -0.121. The highest BCUT2D eigenvalue weighted by molar-refractivity contribution is 6.04. The largest absolute Gasteiger partial charge is 0.358 e. The minimum Gasteiger partial charge on any atom is -0.358 e. The van der Waals surface area contributed by atoms with Crippen LogP contribution in [0.1, 0.15) is 44.9 Å². The van der Waals surface area contributed by atoms with Gasteiger partial charge in [-0.3, -0.25) is 9.79 Å².